The number of nitrogens with one attached hydrogen (secondary N) is 1. The van der Waals surface area contributed by atoms with E-state index in [0.717, 1.165) is 24.3 Å². The summed E-state index contributed by atoms with van der Waals surface area (Å²) in [6, 6.07) is 7.38. The minimum absolute atomic E-state index is 0.0718. The molecule has 0 aromatic heterocycles. The van der Waals surface area contributed by atoms with Gasteiger partial charge in [-0.2, -0.15) is 0 Å². The van der Waals surface area contributed by atoms with Crippen molar-refractivity contribution < 1.29 is 9.59 Å². The molecule has 1 aromatic carbocycles. The molecule has 0 radical (unpaired) electrons. The average Bonchev–Trinajstić information content (AvgIpc) is 2.93. The molecule has 114 valence electrons. The number of amides is 2. The third-order valence-corrected chi connectivity index (χ3v) is 4.29. The SMILES string of the molecule is CCC(C)(CN)C(=O)Nc1ccc(N2CCCC2=O)cc1. The topological polar surface area (TPSA) is 75.4 Å². The van der Waals surface area contributed by atoms with Crippen LogP contribution in [0.3, 0.4) is 0 Å². The fraction of sp³-hybridized carbons (Fsp3) is 0.500. The summed E-state index contributed by atoms with van der Waals surface area (Å²) in [5, 5.41) is 2.89. The number of anilines is 2. The summed E-state index contributed by atoms with van der Waals surface area (Å²) >= 11 is 0. The van der Waals surface area contributed by atoms with E-state index >= 15 is 0 Å². The maximum atomic E-state index is 12.2. The van der Waals surface area contributed by atoms with Gasteiger partial charge in [-0.25, -0.2) is 0 Å². The quantitative estimate of drug-likeness (QED) is 0.872. The Morgan fingerprint density at radius 3 is 2.52 bits per heavy atom. The molecule has 2 rings (SSSR count). The predicted octanol–water partition coefficient (Wildman–Crippen LogP) is 2.13. The molecule has 1 aromatic rings. The number of carbonyl (C=O) groups excluding carboxylic acids is 2. The van der Waals surface area contributed by atoms with Gasteiger partial charge in [-0.1, -0.05) is 6.92 Å². The van der Waals surface area contributed by atoms with Crippen LogP contribution in [0.5, 0.6) is 0 Å². The van der Waals surface area contributed by atoms with E-state index in [0.29, 0.717) is 19.4 Å². The van der Waals surface area contributed by atoms with Gasteiger partial charge in [-0.3, -0.25) is 9.59 Å². The molecule has 2 amide bonds. The van der Waals surface area contributed by atoms with Gasteiger partial charge in [0.2, 0.25) is 11.8 Å². The molecular weight excluding hydrogens is 266 g/mol. The summed E-state index contributed by atoms with van der Waals surface area (Å²) in [6.07, 6.45) is 2.21. The summed E-state index contributed by atoms with van der Waals surface area (Å²) in [6.45, 7) is 4.90. The number of benzene rings is 1. The number of carbonyl (C=O) groups is 2. The highest BCUT2D eigenvalue weighted by molar-refractivity contribution is 5.97. The molecule has 1 unspecified atom stereocenters. The van der Waals surface area contributed by atoms with Crippen molar-refractivity contribution in [3.8, 4) is 0 Å². The fourth-order valence-corrected chi connectivity index (χ4v) is 2.33. The Bertz CT molecular complexity index is 521. The lowest BCUT2D eigenvalue weighted by Gasteiger charge is -2.25. The van der Waals surface area contributed by atoms with E-state index in [4.69, 9.17) is 5.73 Å². The highest BCUT2D eigenvalue weighted by atomic mass is 16.2. The van der Waals surface area contributed by atoms with Crippen LogP contribution in [0.2, 0.25) is 0 Å². The van der Waals surface area contributed by atoms with Gasteiger partial charge in [0.1, 0.15) is 0 Å². The monoisotopic (exact) mass is 289 g/mol. The van der Waals surface area contributed by atoms with Crippen molar-refractivity contribution in [2.45, 2.75) is 33.1 Å². The molecule has 1 fully saturated rings. The molecule has 1 heterocycles. The van der Waals surface area contributed by atoms with E-state index in [1.807, 2.05) is 38.1 Å². The van der Waals surface area contributed by atoms with E-state index in [-0.39, 0.29) is 11.8 Å². The Morgan fingerprint density at radius 2 is 2.05 bits per heavy atom. The van der Waals surface area contributed by atoms with Crippen molar-refractivity contribution in [1.29, 1.82) is 0 Å². The molecule has 5 nitrogen and oxygen atoms in total. The predicted molar refractivity (Wildman–Crippen MR) is 84.1 cm³/mol. The van der Waals surface area contributed by atoms with E-state index in [2.05, 4.69) is 5.32 Å². The summed E-state index contributed by atoms with van der Waals surface area (Å²) in [7, 11) is 0. The molecule has 0 saturated carbocycles. The summed E-state index contributed by atoms with van der Waals surface area (Å²) in [4.78, 5) is 25.7. The minimum Gasteiger partial charge on any atom is -0.329 e. The first-order valence-corrected chi connectivity index (χ1v) is 7.42. The van der Waals surface area contributed by atoms with Crippen LogP contribution in [0.1, 0.15) is 33.1 Å². The van der Waals surface area contributed by atoms with Gasteiger partial charge in [-0.15, -0.1) is 0 Å². The molecular formula is C16H23N3O2. The van der Waals surface area contributed by atoms with Crippen LogP contribution in [-0.4, -0.2) is 24.9 Å². The van der Waals surface area contributed by atoms with Gasteiger partial charge in [-0.05, 0) is 44.0 Å². The molecule has 1 aliphatic rings. The molecule has 21 heavy (non-hydrogen) atoms. The zero-order chi connectivity index (χ0) is 15.5. The standard InChI is InChI=1S/C16H23N3O2/c1-3-16(2,11-17)15(21)18-12-6-8-13(9-7-12)19-10-4-5-14(19)20/h6-9H,3-5,10-11,17H2,1-2H3,(H,18,21). The van der Waals surface area contributed by atoms with Crippen molar-refractivity contribution in [1.82, 2.24) is 0 Å². The van der Waals surface area contributed by atoms with Crippen molar-refractivity contribution in [2.24, 2.45) is 11.1 Å². The second-order valence-corrected chi connectivity index (χ2v) is 5.77. The van der Waals surface area contributed by atoms with E-state index in [1.54, 1.807) is 4.90 Å². The van der Waals surface area contributed by atoms with Gasteiger partial charge >= 0.3 is 0 Å². The number of hydrogen-bond donors (Lipinski definition) is 2. The third kappa shape index (κ3) is 3.24. The largest absolute Gasteiger partial charge is 0.329 e. The summed E-state index contributed by atoms with van der Waals surface area (Å²) in [5.74, 6) is 0.0889. The molecule has 3 N–H and O–H groups in total. The van der Waals surface area contributed by atoms with E-state index < -0.39 is 5.41 Å². The van der Waals surface area contributed by atoms with Gasteiger partial charge in [0.05, 0.1) is 5.41 Å². The highest BCUT2D eigenvalue weighted by Crippen LogP contribution is 2.25. The summed E-state index contributed by atoms with van der Waals surface area (Å²) in [5.41, 5.74) is 6.74. The average molecular weight is 289 g/mol. The smallest absolute Gasteiger partial charge is 0.231 e. The van der Waals surface area contributed by atoms with Crippen LogP contribution >= 0.6 is 0 Å². The van der Waals surface area contributed by atoms with Crippen molar-refractivity contribution in [3.05, 3.63) is 24.3 Å². The van der Waals surface area contributed by atoms with E-state index in [9.17, 15) is 9.59 Å². The van der Waals surface area contributed by atoms with Crippen LogP contribution in [-0.2, 0) is 9.59 Å². The first-order valence-electron chi connectivity index (χ1n) is 7.42. The van der Waals surface area contributed by atoms with Crippen LogP contribution in [0, 0.1) is 5.41 Å². The van der Waals surface area contributed by atoms with Crippen LogP contribution in [0.25, 0.3) is 0 Å². The molecule has 1 atom stereocenters. The highest BCUT2D eigenvalue weighted by Gasteiger charge is 2.29. The van der Waals surface area contributed by atoms with Crippen molar-refractivity contribution in [2.75, 3.05) is 23.3 Å². The van der Waals surface area contributed by atoms with Gasteiger partial charge < -0.3 is 16.0 Å². The van der Waals surface area contributed by atoms with Crippen molar-refractivity contribution in [3.63, 3.8) is 0 Å². The minimum atomic E-state index is -0.552. The van der Waals surface area contributed by atoms with Gasteiger partial charge in [0.25, 0.3) is 0 Å². The van der Waals surface area contributed by atoms with E-state index in [1.165, 1.54) is 0 Å². The Kier molecular flexibility index (Phi) is 4.63. The zero-order valence-electron chi connectivity index (χ0n) is 12.7. The van der Waals surface area contributed by atoms with Gasteiger partial charge in [0.15, 0.2) is 0 Å². The number of nitrogens with zero attached hydrogens (tertiary/aromatic N) is 1. The second-order valence-electron chi connectivity index (χ2n) is 5.77. The lowest BCUT2D eigenvalue weighted by atomic mass is 9.86. The molecule has 0 spiro atoms. The van der Waals surface area contributed by atoms with Crippen LogP contribution in [0.4, 0.5) is 11.4 Å². The summed E-state index contributed by atoms with van der Waals surface area (Å²) < 4.78 is 0. The first-order chi connectivity index (χ1) is 10.00. The Balaban J connectivity index is 2.06. The Hall–Kier alpha value is -1.88. The first kappa shape index (κ1) is 15.5. The molecule has 0 bridgehead atoms. The third-order valence-electron chi connectivity index (χ3n) is 4.29. The normalized spacial score (nSPS) is 17.7. The maximum absolute atomic E-state index is 12.2. The molecule has 0 aliphatic carbocycles. The fourth-order valence-electron chi connectivity index (χ4n) is 2.33. The maximum Gasteiger partial charge on any atom is 0.231 e. The lowest BCUT2D eigenvalue weighted by molar-refractivity contribution is -0.124. The molecule has 1 saturated heterocycles. The van der Waals surface area contributed by atoms with Gasteiger partial charge in [0, 0.05) is 30.9 Å². The Labute approximate surface area is 125 Å². The second kappa shape index (κ2) is 6.26. The molecule has 5 heteroatoms. The zero-order valence-corrected chi connectivity index (χ0v) is 12.7. The van der Waals surface area contributed by atoms with Crippen LogP contribution in [0.15, 0.2) is 24.3 Å². The Morgan fingerprint density at radius 1 is 1.38 bits per heavy atom. The number of hydrogen-bond acceptors (Lipinski definition) is 3. The van der Waals surface area contributed by atoms with Crippen molar-refractivity contribution >= 4 is 23.2 Å². The van der Waals surface area contributed by atoms with Crippen LogP contribution < -0.4 is 16.0 Å². The number of rotatable bonds is 5. The molecule has 1 aliphatic heterocycles. The number of nitrogens with two attached hydrogens (primary N) is 1. The lowest BCUT2D eigenvalue weighted by Crippen LogP contribution is -2.39.